The molecule has 5 rings (SSSR count). The Morgan fingerprint density at radius 2 is 2.00 bits per heavy atom. The van der Waals surface area contributed by atoms with Gasteiger partial charge in [-0.25, -0.2) is 9.97 Å². The summed E-state index contributed by atoms with van der Waals surface area (Å²) in [5.74, 6) is 0.445. The number of halogens is 3. The van der Waals surface area contributed by atoms with Crippen LogP contribution in [0.2, 0.25) is 0 Å². The lowest BCUT2D eigenvalue weighted by Gasteiger charge is -2.43. The second kappa shape index (κ2) is 12.2. The molecular weight excluding hydrogens is 569 g/mol. The van der Waals surface area contributed by atoms with Gasteiger partial charge in [-0.05, 0) is 93.2 Å². The Labute approximate surface area is 245 Å². The molecule has 0 aromatic carbocycles. The first-order valence-corrected chi connectivity index (χ1v) is 14.3. The molecule has 0 radical (unpaired) electrons. The molecule has 1 unspecified atom stereocenters. The van der Waals surface area contributed by atoms with E-state index in [9.17, 15) is 22.8 Å². The number of nitrogens with zero attached hydrogens (tertiary/aromatic N) is 5. The van der Waals surface area contributed by atoms with Crippen molar-refractivity contribution in [2.75, 3.05) is 45.2 Å². The van der Waals surface area contributed by atoms with Crippen LogP contribution in [0.5, 0.6) is 0 Å². The summed E-state index contributed by atoms with van der Waals surface area (Å²) in [5, 5.41) is 7.89. The van der Waals surface area contributed by atoms with Crippen molar-refractivity contribution < 1.29 is 22.8 Å². The lowest BCUT2D eigenvalue weighted by Crippen LogP contribution is -2.64. The highest BCUT2D eigenvalue weighted by molar-refractivity contribution is 8.18. The molecule has 5 heterocycles. The third kappa shape index (κ3) is 6.50. The smallest absolute Gasteiger partial charge is 0.356 e. The first kappa shape index (κ1) is 29.7. The molecule has 2 saturated heterocycles. The van der Waals surface area contributed by atoms with Crippen molar-refractivity contribution in [3.05, 3.63) is 70.7 Å². The van der Waals surface area contributed by atoms with E-state index in [1.807, 2.05) is 0 Å². The van der Waals surface area contributed by atoms with Gasteiger partial charge in [-0.15, -0.1) is 0 Å². The summed E-state index contributed by atoms with van der Waals surface area (Å²) in [6, 6.07) is 5.10. The van der Waals surface area contributed by atoms with Crippen LogP contribution in [-0.2, 0) is 4.79 Å². The SMILES string of the molecule is CN(C)C1(C(F)(F)F)C=C(CNCC2CCN(c3nccc(C=C4SC(=O)NC4=O)n3)CC2)C=C(c2cccnc2)N1. The first-order chi connectivity index (χ1) is 20.0. The zero-order chi connectivity index (χ0) is 29.9. The fourth-order valence-electron chi connectivity index (χ4n) is 5.11. The zero-order valence-corrected chi connectivity index (χ0v) is 23.9. The van der Waals surface area contributed by atoms with Crippen LogP contribution < -0.4 is 20.9 Å². The number of pyridine rings is 1. The Balaban J connectivity index is 1.20. The van der Waals surface area contributed by atoms with Gasteiger partial charge in [-0.2, -0.15) is 13.2 Å². The molecule has 2 aromatic rings. The van der Waals surface area contributed by atoms with Crippen LogP contribution in [0, 0.1) is 5.92 Å². The standard InChI is InChI=1S/C28H31F3N8O2S/c1-38(2)27(28(29,30)31)14-19(12-22(37-27)20-4-3-8-32-17-20)16-33-15-18-6-10-39(11-7-18)25-34-9-5-21(35-25)13-23-24(40)36-26(41)42-23/h3-5,8-9,12-14,17-18,33,37H,6-7,10-11,15-16H2,1-2H3,(H,36,40,41). The largest absolute Gasteiger partial charge is 0.429 e. The number of aromatic nitrogens is 3. The lowest BCUT2D eigenvalue weighted by atomic mass is 9.95. The van der Waals surface area contributed by atoms with Crippen molar-refractivity contribution in [3.8, 4) is 0 Å². The van der Waals surface area contributed by atoms with E-state index in [1.54, 1.807) is 48.9 Å². The molecule has 0 spiro atoms. The number of thioether (sulfide) groups is 1. The number of piperidine rings is 1. The number of amides is 2. The van der Waals surface area contributed by atoms with Crippen molar-refractivity contribution in [1.82, 2.24) is 35.8 Å². The van der Waals surface area contributed by atoms with E-state index in [4.69, 9.17) is 0 Å². The monoisotopic (exact) mass is 600 g/mol. The number of hydrogen-bond donors (Lipinski definition) is 3. The summed E-state index contributed by atoms with van der Waals surface area (Å²) >= 11 is 0.838. The van der Waals surface area contributed by atoms with Crippen LogP contribution in [0.3, 0.4) is 0 Å². The zero-order valence-electron chi connectivity index (χ0n) is 23.1. The Bertz CT molecular complexity index is 1420. The van der Waals surface area contributed by atoms with Crippen LogP contribution in [0.25, 0.3) is 11.8 Å². The number of dihydropyridines is 1. The summed E-state index contributed by atoms with van der Waals surface area (Å²) in [7, 11) is 2.81. The number of carbonyl (C=O) groups is 2. The molecule has 10 nitrogen and oxygen atoms in total. The van der Waals surface area contributed by atoms with E-state index in [0.717, 1.165) is 42.6 Å². The summed E-state index contributed by atoms with van der Waals surface area (Å²) in [6.07, 6.45) is 6.45. The second-order valence-corrected chi connectivity index (χ2v) is 11.5. The fourth-order valence-corrected chi connectivity index (χ4v) is 5.77. The van der Waals surface area contributed by atoms with Gasteiger partial charge >= 0.3 is 6.18 Å². The molecule has 1 atom stereocenters. The van der Waals surface area contributed by atoms with Crippen LogP contribution in [-0.4, -0.2) is 83.1 Å². The number of anilines is 1. The Kier molecular flexibility index (Phi) is 8.66. The normalized spacial score (nSPS) is 22.7. The lowest BCUT2D eigenvalue weighted by molar-refractivity contribution is -0.214. The number of rotatable bonds is 8. The van der Waals surface area contributed by atoms with Gasteiger partial charge in [-0.1, -0.05) is 0 Å². The third-order valence-corrected chi connectivity index (χ3v) is 8.21. The highest BCUT2D eigenvalue weighted by atomic mass is 32.2. The Morgan fingerprint density at radius 3 is 2.64 bits per heavy atom. The molecular formula is C28H31F3N8O2S. The fraction of sp³-hybridized carbons (Fsp3) is 0.393. The van der Waals surface area contributed by atoms with Crippen LogP contribution >= 0.6 is 11.8 Å². The molecule has 0 saturated carbocycles. The predicted molar refractivity (Wildman–Crippen MR) is 155 cm³/mol. The Morgan fingerprint density at radius 1 is 1.21 bits per heavy atom. The number of imide groups is 1. The van der Waals surface area contributed by atoms with E-state index in [2.05, 4.69) is 35.8 Å². The van der Waals surface area contributed by atoms with Gasteiger partial charge in [0.25, 0.3) is 11.1 Å². The third-order valence-electron chi connectivity index (χ3n) is 7.40. The molecule has 2 fully saturated rings. The van der Waals surface area contributed by atoms with E-state index in [1.165, 1.54) is 20.2 Å². The van der Waals surface area contributed by atoms with Crippen LogP contribution in [0.1, 0.15) is 24.1 Å². The van der Waals surface area contributed by atoms with Crippen molar-refractivity contribution in [1.29, 1.82) is 0 Å². The average molecular weight is 601 g/mol. The Hall–Kier alpha value is -3.75. The molecule has 0 bridgehead atoms. The highest BCUT2D eigenvalue weighted by Gasteiger charge is 2.57. The highest BCUT2D eigenvalue weighted by Crippen LogP contribution is 2.38. The van der Waals surface area contributed by atoms with Crippen LogP contribution in [0.4, 0.5) is 23.9 Å². The maximum Gasteiger partial charge on any atom is 0.429 e. The predicted octanol–water partition coefficient (Wildman–Crippen LogP) is 3.39. The van der Waals surface area contributed by atoms with E-state index in [-0.39, 0.29) is 6.54 Å². The molecule has 3 aliphatic heterocycles. The molecule has 14 heteroatoms. The van der Waals surface area contributed by atoms with Crippen LogP contribution in [0.15, 0.2) is 59.4 Å². The quantitative estimate of drug-likeness (QED) is 0.390. The minimum Gasteiger partial charge on any atom is -0.356 e. The number of nitrogens with one attached hydrogen (secondary N) is 3. The first-order valence-electron chi connectivity index (χ1n) is 13.4. The molecule has 222 valence electrons. The van der Waals surface area contributed by atoms with Crippen molar-refractivity contribution in [3.63, 3.8) is 0 Å². The number of hydrogen-bond acceptors (Lipinski definition) is 10. The van der Waals surface area contributed by atoms with Gasteiger partial charge < -0.3 is 15.5 Å². The van der Waals surface area contributed by atoms with Gasteiger partial charge in [-0.3, -0.25) is 24.8 Å². The van der Waals surface area contributed by atoms with Gasteiger partial charge in [0, 0.05) is 49.5 Å². The average Bonchev–Trinajstić information content (AvgIpc) is 3.29. The van der Waals surface area contributed by atoms with Gasteiger partial charge in [0.1, 0.15) is 0 Å². The maximum atomic E-state index is 14.4. The summed E-state index contributed by atoms with van der Waals surface area (Å²) in [5.41, 5.74) is -0.343. The molecule has 2 amide bonds. The second-order valence-electron chi connectivity index (χ2n) is 10.5. The summed E-state index contributed by atoms with van der Waals surface area (Å²) in [4.78, 5) is 39.7. The van der Waals surface area contributed by atoms with E-state index < -0.39 is 23.0 Å². The van der Waals surface area contributed by atoms with Gasteiger partial charge in [0.05, 0.1) is 10.6 Å². The molecule has 3 aliphatic rings. The van der Waals surface area contributed by atoms with E-state index in [0.29, 0.717) is 45.8 Å². The minimum atomic E-state index is -4.56. The van der Waals surface area contributed by atoms with Gasteiger partial charge in [0.2, 0.25) is 11.6 Å². The van der Waals surface area contributed by atoms with Crippen molar-refractivity contribution in [2.45, 2.75) is 24.7 Å². The molecule has 0 aliphatic carbocycles. The van der Waals surface area contributed by atoms with Crippen molar-refractivity contribution >= 4 is 40.6 Å². The number of likely N-dealkylation sites (N-methyl/N-ethyl adjacent to an activating group) is 1. The van der Waals surface area contributed by atoms with E-state index >= 15 is 0 Å². The van der Waals surface area contributed by atoms with Crippen molar-refractivity contribution in [2.24, 2.45) is 5.92 Å². The molecule has 2 aromatic heterocycles. The number of alkyl halides is 3. The molecule has 3 N–H and O–H groups in total. The minimum absolute atomic E-state index is 0.283. The summed E-state index contributed by atoms with van der Waals surface area (Å²) in [6.45, 7) is 2.37. The topological polar surface area (TPSA) is 115 Å². The maximum absolute atomic E-state index is 14.4. The molecule has 42 heavy (non-hydrogen) atoms. The van der Waals surface area contributed by atoms with Gasteiger partial charge in [0.15, 0.2) is 0 Å². The summed E-state index contributed by atoms with van der Waals surface area (Å²) < 4.78 is 43.2. The number of carbonyl (C=O) groups excluding carboxylic acids is 2.